The molecule has 0 fully saturated rings. The highest BCUT2D eigenvalue weighted by atomic mass is 16.5. The van der Waals surface area contributed by atoms with E-state index in [1.165, 1.54) is 0 Å². The third-order valence-electron chi connectivity index (χ3n) is 4.53. The Labute approximate surface area is 169 Å². The van der Waals surface area contributed by atoms with Gasteiger partial charge in [-0.15, -0.1) is 10.2 Å². The number of fused-ring (bicyclic) bond motifs is 1. The Morgan fingerprint density at radius 1 is 1.00 bits per heavy atom. The fraction of sp³-hybridized carbons (Fsp3) is 0.217. The molecule has 6 nitrogen and oxygen atoms in total. The number of ether oxygens (including phenoxy) is 1. The summed E-state index contributed by atoms with van der Waals surface area (Å²) in [6.07, 6.45) is 6.96. The van der Waals surface area contributed by atoms with Crippen LogP contribution in [0.15, 0.2) is 59.0 Å². The molecule has 0 saturated carbocycles. The van der Waals surface area contributed by atoms with Crippen molar-refractivity contribution in [3.8, 4) is 17.1 Å². The van der Waals surface area contributed by atoms with E-state index < -0.39 is 0 Å². The number of hydrogen-bond donors (Lipinski definition) is 0. The molecule has 0 spiro atoms. The van der Waals surface area contributed by atoms with Crippen molar-refractivity contribution in [2.45, 2.75) is 26.2 Å². The Kier molecular flexibility index (Phi) is 5.61. The van der Waals surface area contributed by atoms with E-state index in [-0.39, 0.29) is 0 Å². The van der Waals surface area contributed by atoms with Gasteiger partial charge in [-0.25, -0.2) is 9.97 Å². The molecule has 0 bridgehead atoms. The Bertz CT molecular complexity index is 1150. The van der Waals surface area contributed by atoms with Gasteiger partial charge in [0.15, 0.2) is 0 Å². The molecule has 6 heteroatoms. The molecule has 0 saturated heterocycles. The first-order chi connectivity index (χ1) is 14.2. The van der Waals surface area contributed by atoms with Crippen molar-refractivity contribution in [2.75, 3.05) is 7.11 Å². The Hall–Kier alpha value is -3.54. The zero-order valence-electron chi connectivity index (χ0n) is 16.5. The maximum atomic E-state index is 5.49. The number of nitrogens with zero attached hydrogens (tertiary/aromatic N) is 4. The summed E-state index contributed by atoms with van der Waals surface area (Å²) in [5.74, 6) is 1.83. The van der Waals surface area contributed by atoms with Gasteiger partial charge in [-0.3, -0.25) is 0 Å². The van der Waals surface area contributed by atoms with E-state index in [9.17, 15) is 0 Å². The number of para-hydroxylation sites is 2. The standard InChI is InChI=1S/C23H22N4O2/c1-16-26-27-21(29-16)14-5-3-4-9-17-10-8-11-18(15-17)22-23(28-2)25-20-13-7-6-12-19(20)24-22/h4,6-13,15H,3,5,14H2,1-2H3/b9-4+. The van der Waals surface area contributed by atoms with Crippen molar-refractivity contribution in [2.24, 2.45) is 0 Å². The summed E-state index contributed by atoms with van der Waals surface area (Å²) in [4.78, 5) is 9.36. The van der Waals surface area contributed by atoms with Crippen LogP contribution in [0.5, 0.6) is 5.88 Å². The topological polar surface area (TPSA) is 73.9 Å². The second-order valence-electron chi connectivity index (χ2n) is 6.71. The lowest BCUT2D eigenvalue weighted by Crippen LogP contribution is -1.96. The molecule has 4 rings (SSSR count). The second-order valence-corrected chi connectivity index (χ2v) is 6.71. The quantitative estimate of drug-likeness (QED) is 0.415. The molecule has 146 valence electrons. The lowest BCUT2D eigenvalue weighted by Gasteiger charge is -2.09. The molecular formula is C23H22N4O2. The molecule has 0 amide bonds. The van der Waals surface area contributed by atoms with Crippen molar-refractivity contribution >= 4 is 17.1 Å². The van der Waals surface area contributed by atoms with Gasteiger partial charge in [0.25, 0.3) is 0 Å². The van der Waals surface area contributed by atoms with Crippen LogP contribution in [-0.4, -0.2) is 27.3 Å². The third-order valence-corrected chi connectivity index (χ3v) is 4.53. The van der Waals surface area contributed by atoms with Crippen LogP contribution in [0.2, 0.25) is 0 Å². The van der Waals surface area contributed by atoms with E-state index in [0.717, 1.165) is 47.1 Å². The normalized spacial score (nSPS) is 11.4. The fourth-order valence-electron chi connectivity index (χ4n) is 3.13. The molecule has 0 atom stereocenters. The number of benzene rings is 2. The Morgan fingerprint density at radius 3 is 2.59 bits per heavy atom. The van der Waals surface area contributed by atoms with Gasteiger partial charge >= 0.3 is 0 Å². The maximum Gasteiger partial charge on any atom is 0.240 e. The lowest BCUT2D eigenvalue weighted by molar-refractivity contribution is 0.400. The van der Waals surface area contributed by atoms with Crippen LogP contribution < -0.4 is 4.74 Å². The molecule has 0 aliphatic heterocycles. The van der Waals surface area contributed by atoms with Gasteiger partial charge in [0.05, 0.1) is 18.1 Å². The first-order valence-electron chi connectivity index (χ1n) is 9.59. The van der Waals surface area contributed by atoms with Gasteiger partial charge in [-0.05, 0) is 36.6 Å². The summed E-state index contributed by atoms with van der Waals surface area (Å²) in [5.41, 5.74) is 4.49. The minimum atomic E-state index is 0.527. The highest BCUT2D eigenvalue weighted by Gasteiger charge is 2.11. The number of rotatable bonds is 7. The number of unbranched alkanes of at least 4 members (excludes halogenated alkanes) is 1. The summed E-state index contributed by atoms with van der Waals surface area (Å²) in [7, 11) is 1.62. The van der Waals surface area contributed by atoms with Crippen LogP contribution >= 0.6 is 0 Å². The monoisotopic (exact) mass is 386 g/mol. The average molecular weight is 386 g/mol. The molecule has 0 radical (unpaired) electrons. The van der Waals surface area contributed by atoms with Gasteiger partial charge in [0, 0.05) is 18.9 Å². The van der Waals surface area contributed by atoms with Crippen molar-refractivity contribution in [3.05, 3.63) is 72.0 Å². The highest BCUT2D eigenvalue weighted by Crippen LogP contribution is 2.29. The van der Waals surface area contributed by atoms with Gasteiger partial charge in [0.2, 0.25) is 17.7 Å². The molecule has 0 unspecified atom stereocenters. The molecule has 2 heterocycles. The zero-order valence-corrected chi connectivity index (χ0v) is 16.5. The summed E-state index contributed by atoms with van der Waals surface area (Å²) < 4.78 is 10.9. The number of allylic oxidation sites excluding steroid dienone is 1. The van der Waals surface area contributed by atoms with E-state index >= 15 is 0 Å². The molecule has 4 aromatic rings. The summed E-state index contributed by atoms with van der Waals surface area (Å²) in [6.45, 7) is 1.80. The lowest BCUT2D eigenvalue weighted by atomic mass is 10.1. The third kappa shape index (κ3) is 4.48. The smallest absolute Gasteiger partial charge is 0.240 e. The first kappa shape index (κ1) is 18.8. The van der Waals surface area contributed by atoms with Crippen LogP contribution in [0.1, 0.15) is 30.2 Å². The second kappa shape index (κ2) is 8.65. The van der Waals surface area contributed by atoms with Crippen LogP contribution in [0, 0.1) is 6.92 Å². The van der Waals surface area contributed by atoms with Crippen LogP contribution in [0.25, 0.3) is 28.4 Å². The van der Waals surface area contributed by atoms with Gasteiger partial charge in [0.1, 0.15) is 5.69 Å². The minimum absolute atomic E-state index is 0.527. The van der Waals surface area contributed by atoms with E-state index in [1.807, 2.05) is 36.4 Å². The van der Waals surface area contributed by atoms with Gasteiger partial charge < -0.3 is 9.15 Å². The van der Waals surface area contributed by atoms with E-state index in [4.69, 9.17) is 14.1 Å². The van der Waals surface area contributed by atoms with E-state index in [1.54, 1.807) is 14.0 Å². The summed E-state index contributed by atoms with van der Waals surface area (Å²) in [6, 6.07) is 16.0. The van der Waals surface area contributed by atoms with Crippen molar-refractivity contribution in [1.82, 2.24) is 20.2 Å². The predicted molar refractivity (Wildman–Crippen MR) is 113 cm³/mol. The largest absolute Gasteiger partial charge is 0.479 e. The number of aryl methyl sites for hydroxylation is 2. The maximum absolute atomic E-state index is 5.49. The SMILES string of the molecule is COc1nc2ccccc2nc1-c1cccc(/C=C/CCCc2nnc(C)o2)c1. The van der Waals surface area contributed by atoms with Gasteiger partial charge in [-0.2, -0.15) is 0 Å². The molecule has 2 aromatic carbocycles. The minimum Gasteiger partial charge on any atom is -0.479 e. The number of aromatic nitrogens is 4. The van der Waals surface area contributed by atoms with Gasteiger partial charge in [-0.1, -0.05) is 42.5 Å². The van der Waals surface area contributed by atoms with E-state index in [0.29, 0.717) is 17.7 Å². The zero-order chi connectivity index (χ0) is 20.1. The highest BCUT2D eigenvalue weighted by molar-refractivity contribution is 5.80. The summed E-state index contributed by atoms with van der Waals surface area (Å²) >= 11 is 0. The number of methoxy groups -OCH3 is 1. The Balaban J connectivity index is 1.49. The molecule has 0 aliphatic carbocycles. The Morgan fingerprint density at radius 2 is 1.83 bits per heavy atom. The molecule has 0 N–H and O–H groups in total. The van der Waals surface area contributed by atoms with Crippen LogP contribution in [0.3, 0.4) is 0 Å². The van der Waals surface area contributed by atoms with Crippen molar-refractivity contribution in [3.63, 3.8) is 0 Å². The fourth-order valence-corrected chi connectivity index (χ4v) is 3.13. The van der Waals surface area contributed by atoms with Crippen LogP contribution in [0.4, 0.5) is 0 Å². The average Bonchev–Trinajstić information content (AvgIpc) is 3.17. The first-order valence-corrected chi connectivity index (χ1v) is 9.59. The van der Waals surface area contributed by atoms with Crippen LogP contribution in [-0.2, 0) is 6.42 Å². The molecular weight excluding hydrogens is 364 g/mol. The molecule has 2 aromatic heterocycles. The predicted octanol–water partition coefficient (Wildman–Crippen LogP) is 5.03. The van der Waals surface area contributed by atoms with E-state index in [2.05, 4.69) is 39.5 Å². The van der Waals surface area contributed by atoms with Crippen molar-refractivity contribution in [1.29, 1.82) is 0 Å². The molecule has 0 aliphatic rings. The summed E-state index contributed by atoms with van der Waals surface area (Å²) in [5, 5.41) is 7.87. The molecule has 29 heavy (non-hydrogen) atoms. The number of hydrogen-bond acceptors (Lipinski definition) is 6. The van der Waals surface area contributed by atoms with Crippen molar-refractivity contribution < 1.29 is 9.15 Å².